The van der Waals surface area contributed by atoms with Crippen molar-refractivity contribution < 1.29 is 5.11 Å². The van der Waals surface area contributed by atoms with Crippen LogP contribution in [0.3, 0.4) is 0 Å². The van der Waals surface area contributed by atoms with Crippen LogP contribution < -0.4 is 0 Å². The Hall–Kier alpha value is -1.78. The maximum Gasteiger partial charge on any atom is 0.0951 e. The highest BCUT2D eigenvalue weighted by Crippen LogP contribution is 2.47. The number of hydrogen-bond donors (Lipinski definition) is 1. The summed E-state index contributed by atoms with van der Waals surface area (Å²) in [5.41, 5.74) is 2.47. The van der Waals surface area contributed by atoms with E-state index in [1.807, 2.05) is 25.1 Å². The molecule has 25 heavy (non-hydrogen) atoms. The van der Waals surface area contributed by atoms with Gasteiger partial charge in [0.25, 0.3) is 0 Å². The molecule has 0 bridgehead atoms. The van der Waals surface area contributed by atoms with Crippen molar-refractivity contribution in [3.05, 3.63) is 59.7 Å². The number of aliphatic hydroxyl groups is 1. The van der Waals surface area contributed by atoms with Crippen LogP contribution in [0.2, 0.25) is 0 Å². The molecule has 0 amide bonds. The first kappa shape index (κ1) is 16.7. The molecule has 132 valence electrons. The van der Waals surface area contributed by atoms with Gasteiger partial charge in [0.2, 0.25) is 0 Å². The SMILES string of the molecule is Cc1nccnc1CN1CC[C@@](O)(c2ccccc2)[C@H]2CCCC[C@@H]21. The summed E-state index contributed by atoms with van der Waals surface area (Å²) < 4.78 is 0. The van der Waals surface area contributed by atoms with Crippen LogP contribution in [-0.4, -0.2) is 32.6 Å². The van der Waals surface area contributed by atoms with Crippen LogP contribution in [0.5, 0.6) is 0 Å². The van der Waals surface area contributed by atoms with Crippen molar-refractivity contribution in [2.24, 2.45) is 5.92 Å². The quantitative estimate of drug-likeness (QED) is 0.932. The van der Waals surface area contributed by atoms with Crippen LogP contribution >= 0.6 is 0 Å². The van der Waals surface area contributed by atoms with Crippen LogP contribution in [0.25, 0.3) is 0 Å². The van der Waals surface area contributed by atoms with Gasteiger partial charge in [-0.1, -0.05) is 43.2 Å². The first-order valence-electron chi connectivity index (χ1n) is 9.47. The minimum absolute atomic E-state index is 0.300. The van der Waals surface area contributed by atoms with Gasteiger partial charge in [0.1, 0.15) is 0 Å². The lowest BCUT2D eigenvalue weighted by Gasteiger charge is -2.52. The third kappa shape index (κ3) is 3.09. The van der Waals surface area contributed by atoms with Crippen molar-refractivity contribution in [3.8, 4) is 0 Å². The molecule has 0 unspecified atom stereocenters. The smallest absolute Gasteiger partial charge is 0.0951 e. The number of benzene rings is 1. The van der Waals surface area contributed by atoms with Gasteiger partial charge < -0.3 is 5.11 Å². The van der Waals surface area contributed by atoms with Gasteiger partial charge >= 0.3 is 0 Å². The lowest BCUT2D eigenvalue weighted by molar-refractivity contribution is -0.123. The first-order valence-corrected chi connectivity index (χ1v) is 9.47. The molecular weight excluding hydrogens is 310 g/mol. The molecule has 1 saturated carbocycles. The van der Waals surface area contributed by atoms with Gasteiger partial charge in [-0.05, 0) is 31.7 Å². The number of rotatable bonds is 3. The van der Waals surface area contributed by atoms with Crippen molar-refractivity contribution in [1.29, 1.82) is 0 Å². The normalized spacial score (nSPS) is 30.0. The molecule has 4 heteroatoms. The molecular formula is C21H27N3O. The van der Waals surface area contributed by atoms with Crippen LogP contribution in [-0.2, 0) is 12.1 Å². The molecule has 1 aliphatic carbocycles. The number of aromatic nitrogens is 2. The molecule has 3 atom stereocenters. The largest absolute Gasteiger partial charge is 0.385 e. The fourth-order valence-corrected chi connectivity index (χ4v) is 4.84. The molecule has 1 aliphatic heterocycles. The fourth-order valence-electron chi connectivity index (χ4n) is 4.84. The molecule has 2 aromatic rings. The van der Waals surface area contributed by atoms with E-state index in [4.69, 9.17) is 0 Å². The zero-order valence-corrected chi connectivity index (χ0v) is 14.9. The number of fused-ring (bicyclic) bond motifs is 1. The fraction of sp³-hybridized carbons (Fsp3) is 0.524. The van der Waals surface area contributed by atoms with E-state index in [9.17, 15) is 5.11 Å². The lowest BCUT2D eigenvalue weighted by Crippen LogP contribution is -2.57. The number of nitrogens with zero attached hydrogens (tertiary/aromatic N) is 3. The van der Waals surface area contributed by atoms with Crippen molar-refractivity contribution in [2.45, 2.75) is 57.2 Å². The Labute approximate surface area is 149 Å². The van der Waals surface area contributed by atoms with Crippen LogP contribution in [0.15, 0.2) is 42.7 Å². The third-order valence-corrected chi connectivity index (χ3v) is 6.20. The standard InChI is InChI=1S/C21H27N3O/c1-16-19(23-13-12-22-16)15-24-14-11-21(25,17-7-3-2-4-8-17)18-9-5-6-10-20(18)24/h2-4,7-8,12-13,18,20,25H,5-6,9-11,14-15H2,1H3/t18-,20-,21+/m0/s1. The molecule has 4 rings (SSSR count). The molecule has 1 saturated heterocycles. The number of hydrogen-bond acceptors (Lipinski definition) is 4. The summed E-state index contributed by atoms with van der Waals surface area (Å²) in [6, 6.07) is 10.7. The second-order valence-corrected chi connectivity index (χ2v) is 7.56. The monoisotopic (exact) mass is 337 g/mol. The highest BCUT2D eigenvalue weighted by molar-refractivity contribution is 5.25. The van der Waals surface area contributed by atoms with Crippen LogP contribution in [0.1, 0.15) is 49.1 Å². The first-order chi connectivity index (χ1) is 12.2. The number of aryl methyl sites for hydroxylation is 1. The lowest BCUT2D eigenvalue weighted by atomic mass is 9.66. The number of piperidine rings is 1. The zero-order valence-electron chi connectivity index (χ0n) is 14.9. The van der Waals surface area contributed by atoms with E-state index < -0.39 is 5.60 Å². The molecule has 1 aromatic heterocycles. The van der Waals surface area contributed by atoms with Gasteiger partial charge in [-0.2, -0.15) is 0 Å². The molecule has 1 aromatic carbocycles. The topological polar surface area (TPSA) is 49.2 Å². The minimum atomic E-state index is -0.694. The van der Waals surface area contributed by atoms with Crippen LogP contribution in [0, 0.1) is 12.8 Å². The molecule has 0 spiro atoms. The van der Waals surface area contributed by atoms with Gasteiger partial charge in [-0.15, -0.1) is 0 Å². The summed E-state index contributed by atoms with van der Waals surface area (Å²) in [6.45, 7) is 3.78. The third-order valence-electron chi connectivity index (χ3n) is 6.20. The van der Waals surface area contributed by atoms with E-state index in [1.54, 1.807) is 12.4 Å². The highest BCUT2D eigenvalue weighted by Gasteiger charge is 2.49. The Kier molecular flexibility index (Phi) is 4.57. The maximum atomic E-state index is 11.6. The van der Waals surface area contributed by atoms with Crippen molar-refractivity contribution in [3.63, 3.8) is 0 Å². The maximum absolute atomic E-state index is 11.6. The summed E-state index contributed by atoms with van der Waals surface area (Å²) >= 11 is 0. The predicted octanol–water partition coefficient (Wildman–Crippen LogP) is 3.44. The second-order valence-electron chi connectivity index (χ2n) is 7.56. The van der Waals surface area contributed by atoms with E-state index in [1.165, 1.54) is 19.3 Å². The highest BCUT2D eigenvalue weighted by atomic mass is 16.3. The van der Waals surface area contributed by atoms with Gasteiger partial charge in [-0.25, -0.2) is 0 Å². The Morgan fingerprint density at radius 2 is 1.88 bits per heavy atom. The molecule has 2 heterocycles. The predicted molar refractivity (Wildman–Crippen MR) is 97.9 cm³/mol. The molecule has 4 nitrogen and oxygen atoms in total. The second kappa shape index (κ2) is 6.85. The zero-order chi connectivity index (χ0) is 17.3. The Balaban J connectivity index is 1.61. The van der Waals surface area contributed by atoms with E-state index in [0.717, 1.165) is 42.9 Å². The molecule has 2 fully saturated rings. The van der Waals surface area contributed by atoms with E-state index >= 15 is 0 Å². The summed E-state index contributed by atoms with van der Waals surface area (Å²) in [5, 5.41) is 11.6. The summed E-state index contributed by atoms with van der Waals surface area (Å²) in [4.78, 5) is 11.5. The summed E-state index contributed by atoms with van der Waals surface area (Å²) in [6.07, 6.45) is 9.07. The van der Waals surface area contributed by atoms with Gasteiger partial charge in [0.05, 0.1) is 17.0 Å². The average molecular weight is 337 g/mol. The van der Waals surface area contributed by atoms with Crippen molar-refractivity contribution in [1.82, 2.24) is 14.9 Å². The van der Waals surface area contributed by atoms with E-state index in [2.05, 4.69) is 27.0 Å². The van der Waals surface area contributed by atoms with Gasteiger partial charge in [0, 0.05) is 37.4 Å². The Morgan fingerprint density at radius 3 is 2.68 bits per heavy atom. The van der Waals surface area contributed by atoms with Crippen molar-refractivity contribution in [2.75, 3.05) is 6.54 Å². The molecule has 0 radical (unpaired) electrons. The summed E-state index contributed by atoms with van der Waals surface area (Å²) in [5.74, 6) is 0.300. The van der Waals surface area contributed by atoms with Crippen LogP contribution in [0.4, 0.5) is 0 Å². The Morgan fingerprint density at radius 1 is 1.12 bits per heavy atom. The summed E-state index contributed by atoms with van der Waals surface area (Å²) in [7, 11) is 0. The van der Waals surface area contributed by atoms with E-state index in [0.29, 0.717) is 12.0 Å². The van der Waals surface area contributed by atoms with Gasteiger partial charge in [-0.3, -0.25) is 14.9 Å². The van der Waals surface area contributed by atoms with Gasteiger partial charge in [0.15, 0.2) is 0 Å². The Bertz CT molecular complexity index is 720. The number of likely N-dealkylation sites (tertiary alicyclic amines) is 1. The molecule has 2 aliphatic rings. The average Bonchev–Trinajstić information content (AvgIpc) is 2.67. The van der Waals surface area contributed by atoms with E-state index in [-0.39, 0.29) is 0 Å². The molecule has 1 N–H and O–H groups in total. The van der Waals surface area contributed by atoms with Crippen molar-refractivity contribution >= 4 is 0 Å². The minimum Gasteiger partial charge on any atom is -0.385 e.